The second-order valence-corrected chi connectivity index (χ2v) is 3.78. The van der Waals surface area contributed by atoms with Gasteiger partial charge in [-0.2, -0.15) is 5.10 Å². The summed E-state index contributed by atoms with van der Waals surface area (Å²) in [6.07, 6.45) is 9.13. The van der Waals surface area contributed by atoms with Gasteiger partial charge in [-0.25, -0.2) is 0 Å². The third-order valence-electron chi connectivity index (χ3n) is 2.57. The van der Waals surface area contributed by atoms with Crippen LogP contribution in [0.2, 0.25) is 0 Å². The summed E-state index contributed by atoms with van der Waals surface area (Å²) in [6, 6.07) is 0.468. The first-order valence-corrected chi connectivity index (χ1v) is 5.43. The van der Waals surface area contributed by atoms with Gasteiger partial charge in [-0.15, -0.1) is 0 Å². The van der Waals surface area contributed by atoms with Gasteiger partial charge in [0.2, 0.25) is 0 Å². The van der Waals surface area contributed by atoms with Crippen molar-refractivity contribution in [2.45, 2.75) is 38.6 Å². The smallest absolute Gasteiger partial charge is 0.0537 e. The van der Waals surface area contributed by atoms with E-state index in [2.05, 4.69) is 23.5 Å². The van der Waals surface area contributed by atoms with Crippen LogP contribution in [0.4, 0.5) is 0 Å². The van der Waals surface area contributed by atoms with E-state index < -0.39 is 0 Å². The molecule has 1 aromatic rings. The number of nitrogens with zero attached hydrogens (tertiary/aromatic N) is 2. The van der Waals surface area contributed by atoms with Crippen LogP contribution in [0.1, 0.15) is 44.2 Å². The maximum atomic E-state index is 4.19. The molecule has 80 valence electrons. The summed E-state index contributed by atoms with van der Waals surface area (Å²) >= 11 is 0. The minimum absolute atomic E-state index is 0.468. The van der Waals surface area contributed by atoms with Crippen molar-refractivity contribution >= 4 is 0 Å². The lowest BCUT2D eigenvalue weighted by molar-refractivity contribution is 0.511. The van der Waals surface area contributed by atoms with Crippen molar-refractivity contribution in [3.8, 4) is 0 Å². The number of rotatable bonds is 6. The first kappa shape index (κ1) is 11.2. The number of nitrogens with one attached hydrogen (secondary N) is 1. The molecule has 3 nitrogen and oxygen atoms in total. The molecular formula is C11H21N3. The quantitative estimate of drug-likeness (QED) is 0.706. The molecule has 0 saturated carbocycles. The number of hydrogen-bond donors (Lipinski definition) is 1. The Hall–Kier alpha value is -0.830. The molecule has 0 aromatic carbocycles. The summed E-state index contributed by atoms with van der Waals surface area (Å²) in [7, 11) is 3.98. The normalized spacial score (nSPS) is 13.1. The van der Waals surface area contributed by atoms with Gasteiger partial charge in [-0.05, 0) is 13.5 Å². The van der Waals surface area contributed by atoms with E-state index in [4.69, 9.17) is 0 Å². The third-order valence-corrected chi connectivity index (χ3v) is 2.57. The highest BCUT2D eigenvalue weighted by molar-refractivity contribution is 5.09. The number of aromatic nitrogens is 2. The van der Waals surface area contributed by atoms with Gasteiger partial charge in [0, 0.05) is 24.8 Å². The minimum atomic E-state index is 0.468. The highest BCUT2D eigenvalue weighted by Gasteiger charge is 2.09. The third kappa shape index (κ3) is 3.14. The molecule has 3 heteroatoms. The average molecular weight is 195 g/mol. The number of aryl methyl sites for hydroxylation is 1. The van der Waals surface area contributed by atoms with Crippen molar-refractivity contribution in [1.29, 1.82) is 0 Å². The zero-order valence-corrected chi connectivity index (χ0v) is 9.45. The predicted molar refractivity (Wildman–Crippen MR) is 59.2 cm³/mol. The lowest BCUT2D eigenvalue weighted by atomic mass is 10.0. The summed E-state index contributed by atoms with van der Waals surface area (Å²) in [6.45, 7) is 2.23. The van der Waals surface area contributed by atoms with Crippen LogP contribution in [0.25, 0.3) is 0 Å². The summed E-state index contributed by atoms with van der Waals surface area (Å²) in [5.41, 5.74) is 1.30. The van der Waals surface area contributed by atoms with Crippen LogP contribution in [0.5, 0.6) is 0 Å². The van der Waals surface area contributed by atoms with Crippen molar-refractivity contribution < 1.29 is 0 Å². The van der Waals surface area contributed by atoms with Gasteiger partial charge in [0.15, 0.2) is 0 Å². The highest BCUT2D eigenvalue weighted by Crippen LogP contribution is 2.18. The first-order valence-electron chi connectivity index (χ1n) is 5.43. The van der Waals surface area contributed by atoms with Crippen LogP contribution in [0.15, 0.2) is 12.4 Å². The molecule has 1 unspecified atom stereocenters. The van der Waals surface area contributed by atoms with E-state index >= 15 is 0 Å². The van der Waals surface area contributed by atoms with Gasteiger partial charge in [0.05, 0.1) is 6.20 Å². The van der Waals surface area contributed by atoms with Crippen molar-refractivity contribution in [3.05, 3.63) is 18.0 Å². The largest absolute Gasteiger partial charge is 0.313 e. The molecule has 1 N–H and O–H groups in total. The first-order chi connectivity index (χ1) is 6.77. The average Bonchev–Trinajstić information content (AvgIpc) is 2.60. The van der Waals surface area contributed by atoms with Crippen LogP contribution in [-0.4, -0.2) is 16.8 Å². The lowest BCUT2D eigenvalue weighted by Crippen LogP contribution is -2.15. The molecule has 0 amide bonds. The lowest BCUT2D eigenvalue weighted by Gasteiger charge is -2.13. The van der Waals surface area contributed by atoms with E-state index in [0.717, 1.165) is 0 Å². The van der Waals surface area contributed by atoms with Gasteiger partial charge in [-0.3, -0.25) is 4.68 Å². The second-order valence-electron chi connectivity index (χ2n) is 3.78. The minimum Gasteiger partial charge on any atom is -0.313 e. The molecule has 1 aromatic heterocycles. The molecule has 0 radical (unpaired) electrons. The molecule has 1 rings (SSSR count). The van der Waals surface area contributed by atoms with Gasteiger partial charge in [0.1, 0.15) is 0 Å². The highest BCUT2D eigenvalue weighted by atomic mass is 15.2. The molecule has 0 aliphatic carbocycles. The SMILES string of the molecule is CCCCCC(NC)c1cnn(C)c1. The fourth-order valence-electron chi connectivity index (χ4n) is 1.70. The van der Waals surface area contributed by atoms with E-state index in [-0.39, 0.29) is 0 Å². The zero-order valence-electron chi connectivity index (χ0n) is 9.45. The van der Waals surface area contributed by atoms with E-state index in [0.29, 0.717) is 6.04 Å². The van der Waals surface area contributed by atoms with Gasteiger partial charge >= 0.3 is 0 Å². The molecular weight excluding hydrogens is 174 g/mol. The Bertz CT molecular complexity index is 255. The molecule has 0 spiro atoms. The fraction of sp³-hybridized carbons (Fsp3) is 0.727. The predicted octanol–water partition coefficient (Wildman–Crippen LogP) is 2.26. The van der Waals surface area contributed by atoms with Crippen molar-refractivity contribution in [3.63, 3.8) is 0 Å². The Balaban J connectivity index is 2.45. The van der Waals surface area contributed by atoms with Crippen molar-refractivity contribution in [2.24, 2.45) is 7.05 Å². The van der Waals surface area contributed by atoms with Crippen LogP contribution in [-0.2, 0) is 7.05 Å². The van der Waals surface area contributed by atoms with Gasteiger partial charge < -0.3 is 5.32 Å². The van der Waals surface area contributed by atoms with Crippen LogP contribution < -0.4 is 5.32 Å². The Morgan fingerprint density at radius 2 is 2.29 bits per heavy atom. The summed E-state index contributed by atoms with van der Waals surface area (Å²) < 4.78 is 1.86. The second kappa shape index (κ2) is 5.81. The maximum Gasteiger partial charge on any atom is 0.0537 e. The molecule has 0 bridgehead atoms. The summed E-state index contributed by atoms with van der Waals surface area (Å²) in [4.78, 5) is 0. The van der Waals surface area contributed by atoms with Crippen LogP contribution in [0.3, 0.4) is 0 Å². The van der Waals surface area contributed by atoms with Gasteiger partial charge in [0.25, 0.3) is 0 Å². The Morgan fingerprint density at radius 3 is 2.79 bits per heavy atom. The summed E-state index contributed by atoms with van der Waals surface area (Å²) in [5.74, 6) is 0. The van der Waals surface area contributed by atoms with E-state index in [1.807, 2.05) is 25.0 Å². The number of unbranched alkanes of at least 4 members (excludes halogenated alkanes) is 2. The van der Waals surface area contributed by atoms with Gasteiger partial charge in [-0.1, -0.05) is 26.2 Å². The molecule has 0 fully saturated rings. The van der Waals surface area contributed by atoms with Crippen molar-refractivity contribution in [2.75, 3.05) is 7.05 Å². The van der Waals surface area contributed by atoms with Crippen LogP contribution in [0, 0.1) is 0 Å². The number of hydrogen-bond acceptors (Lipinski definition) is 2. The Kier molecular flexibility index (Phi) is 4.66. The fourth-order valence-corrected chi connectivity index (χ4v) is 1.70. The summed E-state index contributed by atoms with van der Waals surface area (Å²) in [5, 5.41) is 7.53. The Morgan fingerprint density at radius 1 is 1.50 bits per heavy atom. The molecule has 0 aliphatic rings. The monoisotopic (exact) mass is 195 g/mol. The molecule has 0 aliphatic heterocycles. The molecule has 1 heterocycles. The molecule has 1 atom stereocenters. The van der Waals surface area contributed by atoms with E-state index in [9.17, 15) is 0 Å². The molecule has 14 heavy (non-hydrogen) atoms. The van der Waals surface area contributed by atoms with Crippen molar-refractivity contribution in [1.82, 2.24) is 15.1 Å². The van der Waals surface area contributed by atoms with E-state index in [1.165, 1.54) is 31.2 Å². The zero-order chi connectivity index (χ0) is 10.4. The Labute approximate surface area is 86.5 Å². The van der Waals surface area contributed by atoms with Crippen LogP contribution >= 0.6 is 0 Å². The molecule has 0 saturated heterocycles. The topological polar surface area (TPSA) is 29.9 Å². The standard InChI is InChI=1S/C11H21N3/c1-4-5-6-7-11(12-2)10-8-13-14(3)9-10/h8-9,11-12H,4-7H2,1-3H3. The van der Waals surface area contributed by atoms with E-state index in [1.54, 1.807) is 0 Å². The maximum absolute atomic E-state index is 4.19.